The minimum absolute atomic E-state index is 0.148. The lowest BCUT2D eigenvalue weighted by atomic mass is 10.1. The predicted molar refractivity (Wildman–Crippen MR) is 100 cm³/mol. The van der Waals surface area contributed by atoms with Crippen LogP contribution in [0.25, 0.3) is 0 Å². The molecule has 1 aliphatic carbocycles. The van der Waals surface area contributed by atoms with E-state index in [-0.39, 0.29) is 11.8 Å². The molecule has 0 bridgehead atoms. The van der Waals surface area contributed by atoms with Crippen molar-refractivity contribution in [3.05, 3.63) is 47.5 Å². The molecule has 4 heteroatoms. The predicted octanol–water partition coefficient (Wildman–Crippen LogP) is 3.22. The van der Waals surface area contributed by atoms with Gasteiger partial charge in [-0.1, -0.05) is 36.4 Å². The van der Waals surface area contributed by atoms with Crippen molar-refractivity contribution in [2.45, 2.75) is 52.0 Å². The Hall–Kier alpha value is -1.65. The first-order valence-electron chi connectivity index (χ1n) is 9.37. The van der Waals surface area contributed by atoms with Crippen molar-refractivity contribution < 1.29 is 9.53 Å². The van der Waals surface area contributed by atoms with Gasteiger partial charge in [0, 0.05) is 39.1 Å². The van der Waals surface area contributed by atoms with Crippen LogP contribution in [0.3, 0.4) is 0 Å². The van der Waals surface area contributed by atoms with Crippen molar-refractivity contribution >= 4 is 5.91 Å². The van der Waals surface area contributed by atoms with Crippen molar-refractivity contribution in [2.75, 3.05) is 20.1 Å². The second-order valence-corrected chi connectivity index (χ2v) is 7.60. The molecule has 0 saturated carbocycles. The number of allylic oxidation sites excluding steroid dienone is 2. The Balaban J connectivity index is 1.52. The first-order valence-corrected chi connectivity index (χ1v) is 9.37. The number of morpholine rings is 1. The van der Waals surface area contributed by atoms with Crippen LogP contribution in [0.4, 0.5) is 0 Å². The Morgan fingerprint density at radius 3 is 2.24 bits per heavy atom. The molecule has 1 fully saturated rings. The molecule has 2 atom stereocenters. The van der Waals surface area contributed by atoms with Crippen molar-refractivity contribution in [1.82, 2.24) is 9.80 Å². The third-order valence-electron chi connectivity index (χ3n) is 5.08. The average molecular weight is 342 g/mol. The summed E-state index contributed by atoms with van der Waals surface area (Å²) >= 11 is 0. The van der Waals surface area contributed by atoms with Gasteiger partial charge in [0.2, 0.25) is 5.91 Å². The molecule has 25 heavy (non-hydrogen) atoms. The fraction of sp³-hybridized carbons (Fsp3) is 0.571. The quantitative estimate of drug-likeness (QED) is 0.770. The van der Waals surface area contributed by atoms with Gasteiger partial charge >= 0.3 is 0 Å². The monoisotopic (exact) mass is 342 g/mol. The van der Waals surface area contributed by atoms with Crippen molar-refractivity contribution in [1.29, 1.82) is 0 Å². The Kier molecular flexibility index (Phi) is 5.92. The third kappa shape index (κ3) is 4.93. The average Bonchev–Trinajstić information content (AvgIpc) is 3.09. The van der Waals surface area contributed by atoms with Gasteiger partial charge in [-0.3, -0.25) is 9.69 Å². The van der Waals surface area contributed by atoms with E-state index in [1.54, 1.807) is 0 Å². The number of benzene rings is 1. The van der Waals surface area contributed by atoms with Crippen LogP contribution in [0.15, 0.2) is 36.4 Å². The molecule has 0 spiro atoms. The fourth-order valence-corrected chi connectivity index (χ4v) is 3.90. The number of rotatable bonds is 5. The number of ether oxygens (including phenoxy) is 1. The largest absolute Gasteiger partial charge is 0.373 e. The van der Waals surface area contributed by atoms with E-state index < -0.39 is 0 Å². The van der Waals surface area contributed by atoms with Gasteiger partial charge in [0.25, 0.3) is 0 Å². The molecule has 2 aliphatic rings. The first kappa shape index (κ1) is 18.2. The molecule has 136 valence electrons. The maximum absolute atomic E-state index is 12.4. The summed E-state index contributed by atoms with van der Waals surface area (Å²) in [5.41, 5.74) is 2.51. The first-order chi connectivity index (χ1) is 12.0. The second kappa shape index (κ2) is 8.15. The molecule has 3 rings (SSSR count). The smallest absolute Gasteiger partial charge is 0.226 e. The standard InChI is InChI=1S/C21H30N2O2/c1-16-12-23(13-17(2)25-16)15-19-10-8-18(9-11-19)14-22(3)21(24)20-6-4-5-7-20/h4-5,8-11,16-17,20H,6-7,12-15H2,1-3H3/t16-,17+. The number of amides is 1. The van der Waals surface area contributed by atoms with E-state index in [0.717, 1.165) is 32.5 Å². The summed E-state index contributed by atoms with van der Waals surface area (Å²) < 4.78 is 5.80. The molecule has 1 aromatic carbocycles. The van der Waals surface area contributed by atoms with Gasteiger partial charge in [-0.05, 0) is 37.8 Å². The van der Waals surface area contributed by atoms with E-state index in [0.29, 0.717) is 18.8 Å². The molecule has 1 heterocycles. The van der Waals surface area contributed by atoms with Gasteiger partial charge in [-0.2, -0.15) is 0 Å². The van der Waals surface area contributed by atoms with Crippen LogP contribution in [0, 0.1) is 5.92 Å². The minimum atomic E-state index is 0.148. The van der Waals surface area contributed by atoms with Crippen LogP contribution in [-0.2, 0) is 22.6 Å². The van der Waals surface area contributed by atoms with Gasteiger partial charge in [0.15, 0.2) is 0 Å². The van der Waals surface area contributed by atoms with Crippen LogP contribution in [0.1, 0.15) is 37.8 Å². The maximum atomic E-state index is 12.4. The zero-order valence-corrected chi connectivity index (χ0v) is 15.6. The summed E-state index contributed by atoms with van der Waals surface area (Å²) in [7, 11) is 1.91. The summed E-state index contributed by atoms with van der Waals surface area (Å²) in [6.45, 7) is 7.89. The zero-order valence-electron chi connectivity index (χ0n) is 15.6. The topological polar surface area (TPSA) is 32.8 Å². The molecule has 1 saturated heterocycles. The third-order valence-corrected chi connectivity index (χ3v) is 5.08. The lowest BCUT2D eigenvalue weighted by Crippen LogP contribution is -2.44. The number of carbonyl (C=O) groups excluding carboxylic acids is 1. The van der Waals surface area contributed by atoms with Gasteiger partial charge < -0.3 is 9.64 Å². The minimum Gasteiger partial charge on any atom is -0.373 e. The van der Waals surface area contributed by atoms with E-state index in [2.05, 4.69) is 55.2 Å². The lowest BCUT2D eigenvalue weighted by Gasteiger charge is -2.35. The highest BCUT2D eigenvalue weighted by Gasteiger charge is 2.23. The highest BCUT2D eigenvalue weighted by molar-refractivity contribution is 5.79. The van der Waals surface area contributed by atoms with Crippen molar-refractivity contribution in [3.63, 3.8) is 0 Å². The molecular formula is C21H30N2O2. The molecule has 0 N–H and O–H groups in total. The summed E-state index contributed by atoms with van der Waals surface area (Å²) in [6.07, 6.45) is 6.59. The Labute approximate surface area is 151 Å². The molecule has 0 unspecified atom stereocenters. The Morgan fingerprint density at radius 2 is 1.64 bits per heavy atom. The van der Waals surface area contributed by atoms with E-state index in [1.165, 1.54) is 11.1 Å². The number of hydrogen-bond acceptors (Lipinski definition) is 3. The molecule has 1 aromatic rings. The normalized spacial score (nSPS) is 24.6. The van der Waals surface area contributed by atoms with Crippen LogP contribution < -0.4 is 0 Å². The summed E-state index contributed by atoms with van der Waals surface area (Å²) in [4.78, 5) is 16.7. The molecule has 4 nitrogen and oxygen atoms in total. The van der Waals surface area contributed by atoms with E-state index >= 15 is 0 Å². The van der Waals surface area contributed by atoms with Crippen LogP contribution in [0.5, 0.6) is 0 Å². The number of hydrogen-bond donors (Lipinski definition) is 0. The highest BCUT2D eigenvalue weighted by atomic mass is 16.5. The SMILES string of the molecule is C[C@@H]1CN(Cc2ccc(CN(C)C(=O)C3CC=CC3)cc2)C[C@H](C)O1. The molecular weight excluding hydrogens is 312 g/mol. The molecule has 0 radical (unpaired) electrons. The van der Waals surface area contributed by atoms with Crippen LogP contribution >= 0.6 is 0 Å². The fourth-order valence-electron chi connectivity index (χ4n) is 3.90. The molecule has 1 aliphatic heterocycles. The second-order valence-electron chi connectivity index (χ2n) is 7.60. The summed E-state index contributed by atoms with van der Waals surface area (Å²) in [6, 6.07) is 8.68. The molecule has 1 amide bonds. The zero-order chi connectivity index (χ0) is 17.8. The Bertz CT molecular complexity index is 593. The Morgan fingerprint density at radius 1 is 1.08 bits per heavy atom. The van der Waals surface area contributed by atoms with Crippen LogP contribution in [-0.4, -0.2) is 48.1 Å². The lowest BCUT2D eigenvalue weighted by molar-refractivity contribution is -0.134. The van der Waals surface area contributed by atoms with E-state index in [9.17, 15) is 4.79 Å². The number of nitrogens with zero attached hydrogens (tertiary/aromatic N) is 2. The maximum Gasteiger partial charge on any atom is 0.226 e. The summed E-state index contributed by atoms with van der Waals surface area (Å²) in [5.74, 6) is 0.403. The highest BCUT2D eigenvalue weighted by Crippen LogP contribution is 2.21. The van der Waals surface area contributed by atoms with Crippen molar-refractivity contribution in [2.24, 2.45) is 5.92 Å². The van der Waals surface area contributed by atoms with Gasteiger partial charge in [-0.25, -0.2) is 0 Å². The van der Waals surface area contributed by atoms with Gasteiger partial charge in [0.1, 0.15) is 0 Å². The van der Waals surface area contributed by atoms with E-state index in [4.69, 9.17) is 4.74 Å². The summed E-state index contributed by atoms with van der Waals surface area (Å²) in [5, 5.41) is 0. The van der Waals surface area contributed by atoms with E-state index in [1.807, 2.05) is 11.9 Å². The number of carbonyl (C=O) groups is 1. The van der Waals surface area contributed by atoms with Gasteiger partial charge in [-0.15, -0.1) is 0 Å². The van der Waals surface area contributed by atoms with Crippen molar-refractivity contribution in [3.8, 4) is 0 Å². The van der Waals surface area contributed by atoms with Gasteiger partial charge in [0.05, 0.1) is 12.2 Å². The van der Waals surface area contributed by atoms with Crippen LogP contribution in [0.2, 0.25) is 0 Å². The molecule has 0 aromatic heterocycles.